The predicted octanol–water partition coefficient (Wildman–Crippen LogP) is 3.08. The van der Waals surface area contributed by atoms with Gasteiger partial charge in [-0.3, -0.25) is 0 Å². The van der Waals surface area contributed by atoms with Crippen LogP contribution in [0.1, 0.15) is 18.9 Å². The molecule has 0 spiro atoms. The van der Waals surface area contributed by atoms with Crippen LogP contribution in [0.4, 0.5) is 5.69 Å². The van der Waals surface area contributed by atoms with Gasteiger partial charge in [0.05, 0.1) is 15.2 Å². The highest BCUT2D eigenvalue weighted by molar-refractivity contribution is 7.18. The number of aromatic nitrogens is 1. The smallest absolute Gasteiger partial charge is 0.0941 e. The minimum atomic E-state index is 0.660. The molecule has 1 heterocycles. The van der Waals surface area contributed by atoms with Crippen molar-refractivity contribution >= 4 is 27.2 Å². The fourth-order valence-corrected chi connectivity index (χ4v) is 2.59. The first-order valence-electron chi connectivity index (χ1n) is 4.80. The molecule has 2 N–H and O–H groups in total. The Hall–Kier alpha value is -1.09. The maximum Gasteiger partial charge on any atom is 0.0941 e. The molecule has 0 bridgehead atoms. The van der Waals surface area contributed by atoms with Gasteiger partial charge in [-0.15, -0.1) is 11.3 Å². The molecule has 14 heavy (non-hydrogen) atoms. The van der Waals surface area contributed by atoms with Gasteiger partial charge < -0.3 is 5.73 Å². The van der Waals surface area contributed by atoms with Gasteiger partial charge in [0, 0.05) is 12.1 Å². The molecule has 1 aromatic heterocycles. The third-order valence-corrected chi connectivity index (χ3v) is 3.10. The summed E-state index contributed by atoms with van der Waals surface area (Å²) in [6.07, 6.45) is 1.05. The summed E-state index contributed by atoms with van der Waals surface area (Å²) in [5.41, 5.74) is 7.52. The van der Waals surface area contributed by atoms with Crippen molar-refractivity contribution in [1.29, 1.82) is 0 Å². The Morgan fingerprint density at radius 1 is 1.43 bits per heavy atom. The van der Waals surface area contributed by atoms with Crippen LogP contribution in [0.3, 0.4) is 0 Å². The van der Waals surface area contributed by atoms with Crippen molar-refractivity contribution < 1.29 is 0 Å². The lowest BCUT2D eigenvalue weighted by molar-refractivity contribution is 0.645. The van der Waals surface area contributed by atoms with E-state index in [2.05, 4.69) is 18.8 Å². The number of nitrogen functional groups attached to an aromatic ring is 1. The second-order valence-electron chi connectivity index (χ2n) is 3.93. The molecule has 0 radical (unpaired) electrons. The second kappa shape index (κ2) is 3.58. The first-order valence-corrected chi connectivity index (χ1v) is 5.62. The highest BCUT2D eigenvalue weighted by Crippen LogP contribution is 2.25. The summed E-state index contributed by atoms with van der Waals surface area (Å²) < 4.78 is 1.23. The van der Waals surface area contributed by atoms with E-state index in [-0.39, 0.29) is 0 Å². The lowest BCUT2D eigenvalue weighted by atomic mass is 10.1. The molecule has 0 aliphatic carbocycles. The Labute approximate surface area is 87.8 Å². The fraction of sp³-hybridized carbons (Fsp3) is 0.364. The molecule has 0 saturated carbocycles. The molecule has 3 heteroatoms. The van der Waals surface area contributed by atoms with Gasteiger partial charge in [-0.25, -0.2) is 4.98 Å². The van der Waals surface area contributed by atoms with Gasteiger partial charge in [-0.2, -0.15) is 0 Å². The van der Waals surface area contributed by atoms with Gasteiger partial charge >= 0.3 is 0 Å². The molecular weight excluding hydrogens is 192 g/mol. The van der Waals surface area contributed by atoms with E-state index in [1.165, 1.54) is 9.71 Å². The molecule has 0 amide bonds. The quantitative estimate of drug-likeness (QED) is 0.767. The van der Waals surface area contributed by atoms with Gasteiger partial charge in [-0.1, -0.05) is 13.8 Å². The van der Waals surface area contributed by atoms with Gasteiger partial charge in [0.1, 0.15) is 0 Å². The minimum absolute atomic E-state index is 0.660. The third-order valence-electron chi connectivity index (χ3n) is 2.04. The third kappa shape index (κ3) is 1.87. The average molecular weight is 206 g/mol. The van der Waals surface area contributed by atoms with Crippen LogP contribution in [0, 0.1) is 5.92 Å². The van der Waals surface area contributed by atoms with Crippen LogP contribution in [0.15, 0.2) is 18.2 Å². The number of anilines is 1. The van der Waals surface area contributed by atoms with E-state index in [1.807, 2.05) is 18.2 Å². The summed E-state index contributed by atoms with van der Waals surface area (Å²) in [6, 6.07) is 5.92. The zero-order valence-corrected chi connectivity index (χ0v) is 9.27. The van der Waals surface area contributed by atoms with Crippen LogP contribution in [-0.4, -0.2) is 4.98 Å². The van der Waals surface area contributed by atoms with E-state index in [9.17, 15) is 0 Å². The predicted molar refractivity (Wildman–Crippen MR) is 62.6 cm³/mol. The fourth-order valence-electron chi connectivity index (χ4n) is 1.43. The standard InChI is InChI=1S/C11H14N2S/c1-7(2)5-11-13-9-6-8(12)3-4-10(9)14-11/h3-4,6-7H,5,12H2,1-2H3. The molecular formula is C11H14N2S. The van der Waals surface area contributed by atoms with Crippen molar-refractivity contribution in [3.63, 3.8) is 0 Å². The molecule has 0 atom stereocenters. The first kappa shape index (κ1) is 9.46. The van der Waals surface area contributed by atoms with E-state index < -0.39 is 0 Å². The lowest BCUT2D eigenvalue weighted by Gasteiger charge is -1.97. The zero-order chi connectivity index (χ0) is 10.1. The van der Waals surface area contributed by atoms with Crippen molar-refractivity contribution in [2.75, 3.05) is 5.73 Å². The molecule has 0 aliphatic rings. The Balaban J connectivity index is 2.41. The summed E-state index contributed by atoms with van der Waals surface area (Å²) in [5.74, 6) is 0.660. The topological polar surface area (TPSA) is 38.9 Å². The van der Waals surface area contributed by atoms with Crippen molar-refractivity contribution in [3.8, 4) is 0 Å². The molecule has 0 unspecified atom stereocenters. The van der Waals surface area contributed by atoms with E-state index in [4.69, 9.17) is 5.73 Å². The molecule has 0 fully saturated rings. The molecule has 2 rings (SSSR count). The zero-order valence-electron chi connectivity index (χ0n) is 8.45. The average Bonchev–Trinajstić information content (AvgIpc) is 2.44. The van der Waals surface area contributed by atoms with Gasteiger partial charge in [0.2, 0.25) is 0 Å². The Morgan fingerprint density at radius 2 is 2.21 bits per heavy atom. The van der Waals surface area contributed by atoms with Crippen molar-refractivity contribution in [3.05, 3.63) is 23.2 Å². The minimum Gasteiger partial charge on any atom is -0.399 e. The van der Waals surface area contributed by atoms with Crippen molar-refractivity contribution in [1.82, 2.24) is 4.98 Å². The normalized spacial score (nSPS) is 11.4. The van der Waals surface area contributed by atoms with Crippen LogP contribution < -0.4 is 5.73 Å². The van der Waals surface area contributed by atoms with Gasteiger partial charge in [-0.05, 0) is 24.1 Å². The van der Waals surface area contributed by atoms with Crippen LogP contribution in [0.5, 0.6) is 0 Å². The number of thiazole rings is 1. The Bertz CT molecular complexity index is 445. The summed E-state index contributed by atoms with van der Waals surface area (Å²) in [7, 11) is 0. The summed E-state index contributed by atoms with van der Waals surface area (Å²) in [5, 5.41) is 1.21. The largest absolute Gasteiger partial charge is 0.399 e. The number of nitrogens with zero attached hydrogens (tertiary/aromatic N) is 1. The highest BCUT2D eigenvalue weighted by Gasteiger charge is 2.05. The molecule has 0 aliphatic heterocycles. The number of rotatable bonds is 2. The van der Waals surface area contributed by atoms with Crippen LogP contribution in [-0.2, 0) is 6.42 Å². The second-order valence-corrected chi connectivity index (χ2v) is 5.05. The molecule has 2 nitrogen and oxygen atoms in total. The van der Waals surface area contributed by atoms with E-state index in [0.717, 1.165) is 17.6 Å². The maximum atomic E-state index is 5.70. The van der Waals surface area contributed by atoms with Crippen molar-refractivity contribution in [2.45, 2.75) is 20.3 Å². The lowest BCUT2D eigenvalue weighted by Crippen LogP contribution is -1.92. The van der Waals surface area contributed by atoms with Crippen LogP contribution >= 0.6 is 11.3 Å². The number of benzene rings is 1. The Morgan fingerprint density at radius 3 is 2.93 bits per heavy atom. The molecule has 2 aromatic rings. The number of fused-ring (bicyclic) bond motifs is 1. The number of nitrogens with two attached hydrogens (primary N) is 1. The van der Waals surface area contributed by atoms with E-state index in [0.29, 0.717) is 5.92 Å². The number of hydrogen-bond acceptors (Lipinski definition) is 3. The SMILES string of the molecule is CC(C)Cc1nc2cc(N)ccc2s1. The monoisotopic (exact) mass is 206 g/mol. The van der Waals surface area contributed by atoms with E-state index >= 15 is 0 Å². The summed E-state index contributed by atoms with van der Waals surface area (Å²) in [4.78, 5) is 4.55. The van der Waals surface area contributed by atoms with Crippen molar-refractivity contribution in [2.24, 2.45) is 5.92 Å². The number of hydrogen-bond donors (Lipinski definition) is 1. The van der Waals surface area contributed by atoms with Crippen LogP contribution in [0.2, 0.25) is 0 Å². The first-order chi connectivity index (χ1) is 6.65. The Kier molecular flexibility index (Phi) is 2.42. The summed E-state index contributed by atoms with van der Waals surface area (Å²) in [6.45, 7) is 4.42. The molecule has 1 aromatic carbocycles. The highest BCUT2D eigenvalue weighted by atomic mass is 32.1. The van der Waals surface area contributed by atoms with E-state index in [1.54, 1.807) is 11.3 Å². The maximum absolute atomic E-state index is 5.70. The van der Waals surface area contributed by atoms with Gasteiger partial charge in [0.25, 0.3) is 0 Å². The molecule has 74 valence electrons. The van der Waals surface area contributed by atoms with Gasteiger partial charge in [0.15, 0.2) is 0 Å². The van der Waals surface area contributed by atoms with Crippen LogP contribution in [0.25, 0.3) is 10.2 Å². The molecule has 0 saturated heterocycles. The summed E-state index contributed by atoms with van der Waals surface area (Å²) >= 11 is 1.77.